The van der Waals surface area contributed by atoms with Crippen LogP contribution in [0.4, 0.5) is 8.78 Å². The van der Waals surface area contributed by atoms with E-state index in [0.29, 0.717) is 0 Å². The Kier molecular flexibility index (Phi) is 4.71. The van der Waals surface area contributed by atoms with Gasteiger partial charge in [-0.15, -0.1) is 8.78 Å². The number of ether oxygens (including phenoxy) is 3. The topological polar surface area (TPSA) is 56.8 Å². The van der Waals surface area contributed by atoms with Crippen LogP contribution in [0.5, 0.6) is 17.2 Å². The van der Waals surface area contributed by atoms with E-state index in [1.165, 1.54) is 18.2 Å². The van der Waals surface area contributed by atoms with Gasteiger partial charge in [0.2, 0.25) is 0 Å². The van der Waals surface area contributed by atoms with Crippen molar-refractivity contribution in [1.29, 1.82) is 0 Å². The summed E-state index contributed by atoms with van der Waals surface area (Å²) in [5.41, 5.74) is 2.23. The summed E-state index contributed by atoms with van der Waals surface area (Å²) >= 11 is 0. The fraction of sp³-hybridized carbons (Fsp3) is 0.316. The first-order valence-electron chi connectivity index (χ1n) is 8.15. The lowest BCUT2D eigenvalue weighted by atomic mass is 10.1. The number of alkyl halides is 2. The van der Waals surface area contributed by atoms with Crippen LogP contribution in [0, 0.1) is 13.8 Å². The number of aryl methyl sites for hydroxylation is 2. The van der Waals surface area contributed by atoms with Gasteiger partial charge < -0.3 is 19.5 Å². The van der Waals surface area contributed by atoms with Crippen LogP contribution in [0.25, 0.3) is 0 Å². The van der Waals surface area contributed by atoms with Crippen LogP contribution in [0.2, 0.25) is 0 Å². The van der Waals surface area contributed by atoms with E-state index in [1.807, 2.05) is 32.0 Å². The van der Waals surface area contributed by atoms with Crippen LogP contribution in [-0.4, -0.2) is 24.9 Å². The summed E-state index contributed by atoms with van der Waals surface area (Å²) in [6.07, 6.45) is -3.70. The fourth-order valence-corrected chi connectivity index (χ4v) is 2.67. The van der Waals surface area contributed by atoms with Crippen molar-refractivity contribution in [3.8, 4) is 17.2 Å². The van der Waals surface area contributed by atoms with E-state index in [2.05, 4.69) is 14.8 Å². The highest BCUT2D eigenvalue weighted by atomic mass is 19.3. The second kappa shape index (κ2) is 6.82. The van der Waals surface area contributed by atoms with Gasteiger partial charge in [0.05, 0.1) is 6.04 Å². The molecule has 0 saturated heterocycles. The van der Waals surface area contributed by atoms with Crippen LogP contribution in [0.15, 0.2) is 36.4 Å². The van der Waals surface area contributed by atoms with E-state index in [1.54, 1.807) is 6.92 Å². The predicted molar refractivity (Wildman–Crippen MR) is 91.0 cm³/mol. The molecule has 0 bridgehead atoms. The van der Waals surface area contributed by atoms with Crippen molar-refractivity contribution in [3.05, 3.63) is 53.1 Å². The average Bonchev–Trinajstić information content (AvgIpc) is 2.87. The average molecular weight is 363 g/mol. The highest BCUT2D eigenvalue weighted by molar-refractivity contribution is 5.95. The molecule has 5 nitrogen and oxygen atoms in total. The number of hydrogen-bond donors (Lipinski definition) is 1. The largest absolute Gasteiger partial charge is 0.586 e. The number of fused-ring (bicyclic) bond motifs is 1. The van der Waals surface area contributed by atoms with Crippen molar-refractivity contribution in [2.45, 2.75) is 33.1 Å². The molecule has 1 N–H and O–H groups in total. The number of halogens is 2. The van der Waals surface area contributed by atoms with Gasteiger partial charge in [-0.25, -0.2) is 0 Å². The summed E-state index contributed by atoms with van der Waals surface area (Å²) in [4.78, 5) is 12.3. The Hall–Kier alpha value is -2.83. The van der Waals surface area contributed by atoms with Gasteiger partial charge in [0, 0.05) is 5.56 Å². The van der Waals surface area contributed by atoms with Crippen LogP contribution < -0.4 is 19.5 Å². The number of carbonyl (C=O) groups excluding carboxylic acids is 1. The summed E-state index contributed by atoms with van der Waals surface area (Å²) in [5, 5.41) is 2.77. The molecule has 3 rings (SSSR count). The zero-order valence-corrected chi connectivity index (χ0v) is 14.6. The van der Waals surface area contributed by atoms with Crippen molar-refractivity contribution in [2.24, 2.45) is 0 Å². The van der Waals surface area contributed by atoms with Gasteiger partial charge in [0.1, 0.15) is 12.4 Å². The molecule has 1 aliphatic heterocycles. The molecule has 1 atom stereocenters. The molecular weight excluding hydrogens is 344 g/mol. The molecule has 1 aliphatic rings. The monoisotopic (exact) mass is 363 g/mol. The minimum Gasteiger partial charge on any atom is -0.491 e. The van der Waals surface area contributed by atoms with Crippen LogP contribution in [0.3, 0.4) is 0 Å². The molecule has 1 unspecified atom stereocenters. The minimum atomic E-state index is -3.70. The maximum atomic E-state index is 13.0. The van der Waals surface area contributed by atoms with Crippen LogP contribution in [0.1, 0.15) is 28.4 Å². The Labute approximate surface area is 149 Å². The third-order valence-electron chi connectivity index (χ3n) is 3.93. The zero-order valence-electron chi connectivity index (χ0n) is 14.6. The summed E-state index contributed by atoms with van der Waals surface area (Å²) in [5.74, 6) is 0.114. The van der Waals surface area contributed by atoms with Gasteiger partial charge in [-0.2, -0.15) is 0 Å². The van der Waals surface area contributed by atoms with E-state index < -0.39 is 12.2 Å². The lowest BCUT2D eigenvalue weighted by Crippen LogP contribution is -2.36. The third-order valence-corrected chi connectivity index (χ3v) is 3.93. The molecule has 0 radical (unpaired) electrons. The van der Waals surface area contributed by atoms with Crippen molar-refractivity contribution in [2.75, 3.05) is 6.61 Å². The first kappa shape index (κ1) is 18.0. The highest BCUT2D eigenvalue weighted by Crippen LogP contribution is 2.41. The van der Waals surface area contributed by atoms with Gasteiger partial charge in [0.15, 0.2) is 11.5 Å². The molecule has 2 aromatic carbocycles. The van der Waals surface area contributed by atoms with Crippen LogP contribution in [-0.2, 0) is 0 Å². The van der Waals surface area contributed by atoms with E-state index in [-0.39, 0.29) is 29.7 Å². The number of rotatable bonds is 5. The van der Waals surface area contributed by atoms with Crippen molar-refractivity contribution < 1.29 is 27.8 Å². The first-order valence-corrected chi connectivity index (χ1v) is 8.15. The number of carbonyl (C=O) groups is 1. The molecule has 2 aromatic rings. The van der Waals surface area contributed by atoms with Crippen molar-refractivity contribution in [1.82, 2.24) is 5.32 Å². The zero-order chi connectivity index (χ0) is 18.9. The van der Waals surface area contributed by atoms with Crippen molar-refractivity contribution >= 4 is 5.91 Å². The summed E-state index contributed by atoms with van der Waals surface area (Å²) in [7, 11) is 0. The Morgan fingerprint density at radius 2 is 1.81 bits per heavy atom. The number of benzene rings is 2. The second-order valence-electron chi connectivity index (χ2n) is 6.24. The maximum absolute atomic E-state index is 13.0. The second-order valence-corrected chi connectivity index (χ2v) is 6.24. The number of hydrogen-bond acceptors (Lipinski definition) is 4. The van der Waals surface area contributed by atoms with E-state index in [0.717, 1.165) is 16.9 Å². The lowest BCUT2D eigenvalue weighted by Gasteiger charge is -2.17. The third kappa shape index (κ3) is 3.87. The smallest absolute Gasteiger partial charge is 0.491 e. The van der Waals surface area contributed by atoms with E-state index >= 15 is 0 Å². The minimum absolute atomic E-state index is 0.0991. The molecule has 0 spiro atoms. The summed E-state index contributed by atoms with van der Waals surface area (Å²) in [6, 6.07) is 9.48. The Morgan fingerprint density at radius 1 is 1.15 bits per heavy atom. The lowest BCUT2D eigenvalue weighted by molar-refractivity contribution is -0.286. The standard InChI is InChI=1S/C19H19F2NO4/c1-11-5-4-6-12(2)17(11)24-10-13(3)22-18(23)14-7-8-15-16(9-14)26-19(20,21)25-15/h4-9,13H,10H2,1-3H3,(H,22,23). The first-order chi connectivity index (χ1) is 12.2. The summed E-state index contributed by atoms with van der Waals surface area (Å²) in [6.45, 7) is 5.98. The SMILES string of the molecule is Cc1cccc(C)c1OCC(C)NC(=O)c1ccc2c(c1)OC(F)(F)O2. The van der Waals surface area contributed by atoms with E-state index in [4.69, 9.17) is 4.74 Å². The molecule has 0 saturated carbocycles. The molecule has 1 heterocycles. The van der Waals surface area contributed by atoms with Gasteiger partial charge in [-0.05, 0) is 50.1 Å². The highest BCUT2D eigenvalue weighted by Gasteiger charge is 2.43. The van der Waals surface area contributed by atoms with Gasteiger partial charge in [-0.3, -0.25) is 4.79 Å². The van der Waals surface area contributed by atoms with Crippen LogP contribution >= 0.6 is 0 Å². The molecule has 0 fully saturated rings. The van der Waals surface area contributed by atoms with Gasteiger partial charge in [0.25, 0.3) is 5.91 Å². The summed E-state index contributed by atoms with van der Waals surface area (Å²) < 4.78 is 40.6. The Morgan fingerprint density at radius 3 is 2.50 bits per heavy atom. The molecule has 138 valence electrons. The number of amides is 1. The molecule has 0 aromatic heterocycles. The molecule has 0 aliphatic carbocycles. The quantitative estimate of drug-likeness (QED) is 0.877. The maximum Gasteiger partial charge on any atom is 0.586 e. The molecule has 26 heavy (non-hydrogen) atoms. The predicted octanol–water partition coefficient (Wildman–Crippen LogP) is 3.82. The van der Waals surface area contributed by atoms with E-state index in [9.17, 15) is 13.6 Å². The number of para-hydroxylation sites is 1. The molecule has 7 heteroatoms. The molecule has 1 amide bonds. The normalized spacial score (nSPS) is 15.4. The number of nitrogens with one attached hydrogen (secondary N) is 1. The fourth-order valence-electron chi connectivity index (χ4n) is 2.67. The molecular formula is C19H19F2NO4. The van der Waals surface area contributed by atoms with Crippen molar-refractivity contribution in [3.63, 3.8) is 0 Å². The Balaban J connectivity index is 1.60. The Bertz CT molecular complexity index is 818. The van der Waals surface area contributed by atoms with Gasteiger partial charge in [-0.1, -0.05) is 18.2 Å². The van der Waals surface area contributed by atoms with Gasteiger partial charge >= 0.3 is 6.29 Å².